The molecule has 0 spiro atoms. The van der Waals surface area contributed by atoms with Crippen molar-refractivity contribution in [2.24, 2.45) is 0 Å². The molecular weight excluding hydrogens is 347 g/mol. The molecule has 0 radical (unpaired) electrons. The Balaban J connectivity index is 1.31. The summed E-state index contributed by atoms with van der Waals surface area (Å²) in [7, 11) is 0. The Morgan fingerprint density at radius 2 is 1.96 bits per heavy atom. The highest BCUT2D eigenvalue weighted by atomic mass is 19.1. The van der Waals surface area contributed by atoms with E-state index in [4.69, 9.17) is 9.47 Å². The van der Waals surface area contributed by atoms with Crippen LogP contribution in [0.15, 0.2) is 54.6 Å². The molecule has 5 nitrogen and oxygen atoms in total. The smallest absolute Gasteiger partial charge is 0.257 e. The summed E-state index contributed by atoms with van der Waals surface area (Å²) in [5.41, 5.74) is 1.20. The third-order valence-electron chi connectivity index (χ3n) is 4.48. The maximum Gasteiger partial charge on any atom is 0.257 e. The van der Waals surface area contributed by atoms with E-state index < -0.39 is 0 Å². The minimum Gasteiger partial charge on any atom is -0.484 e. The van der Waals surface area contributed by atoms with Crippen LogP contribution in [0.3, 0.4) is 0 Å². The zero-order chi connectivity index (χ0) is 18.9. The minimum atomic E-state index is -0.329. The standard InChI is InChI=1S/C21H25FN2O3/c22-18-7-9-19(10-8-18)27-16-21(25)23-11-4-12-24-13-14-26-20(15-24)17-5-2-1-3-6-17/h1-3,5-10,20H,4,11-16H2,(H,23,25). The number of nitrogens with zero attached hydrogens (tertiary/aromatic N) is 1. The van der Waals surface area contributed by atoms with E-state index in [1.165, 1.54) is 29.8 Å². The van der Waals surface area contributed by atoms with Crippen LogP contribution in [-0.2, 0) is 9.53 Å². The molecule has 1 atom stereocenters. The quantitative estimate of drug-likeness (QED) is 0.724. The molecule has 0 aromatic heterocycles. The average molecular weight is 372 g/mol. The van der Waals surface area contributed by atoms with Gasteiger partial charge in [0.25, 0.3) is 5.91 Å². The van der Waals surface area contributed by atoms with E-state index in [9.17, 15) is 9.18 Å². The lowest BCUT2D eigenvalue weighted by Crippen LogP contribution is -2.40. The van der Waals surface area contributed by atoms with Gasteiger partial charge in [0, 0.05) is 26.2 Å². The SMILES string of the molecule is O=C(COc1ccc(F)cc1)NCCCN1CCOC(c2ccccc2)C1. The third-order valence-corrected chi connectivity index (χ3v) is 4.48. The zero-order valence-electron chi connectivity index (χ0n) is 15.3. The number of rotatable bonds is 8. The number of ether oxygens (including phenoxy) is 2. The highest BCUT2D eigenvalue weighted by Crippen LogP contribution is 2.21. The molecule has 2 aromatic rings. The first-order valence-electron chi connectivity index (χ1n) is 9.25. The van der Waals surface area contributed by atoms with Crippen molar-refractivity contribution in [1.82, 2.24) is 10.2 Å². The van der Waals surface area contributed by atoms with Gasteiger partial charge in [0.2, 0.25) is 0 Å². The number of carbonyl (C=O) groups excluding carboxylic acids is 1. The summed E-state index contributed by atoms with van der Waals surface area (Å²) in [6, 6.07) is 15.9. The molecule has 1 saturated heterocycles. The highest BCUT2D eigenvalue weighted by molar-refractivity contribution is 5.77. The Morgan fingerprint density at radius 3 is 2.74 bits per heavy atom. The molecule has 1 amide bonds. The van der Waals surface area contributed by atoms with Gasteiger partial charge in [-0.2, -0.15) is 0 Å². The predicted octanol–water partition coefficient (Wildman–Crippen LogP) is 2.78. The van der Waals surface area contributed by atoms with Gasteiger partial charge in [-0.05, 0) is 36.2 Å². The van der Waals surface area contributed by atoms with E-state index in [2.05, 4.69) is 22.3 Å². The van der Waals surface area contributed by atoms with Gasteiger partial charge >= 0.3 is 0 Å². The molecule has 6 heteroatoms. The van der Waals surface area contributed by atoms with Crippen LogP contribution in [0.25, 0.3) is 0 Å². The van der Waals surface area contributed by atoms with Crippen molar-refractivity contribution < 1.29 is 18.7 Å². The van der Waals surface area contributed by atoms with Crippen molar-refractivity contribution in [2.75, 3.05) is 39.4 Å². The lowest BCUT2D eigenvalue weighted by Gasteiger charge is -2.33. The summed E-state index contributed by atoms with van der Waals surface area (Å²) in [5.74, 6) is -0.0281. The molecule has 1 heterocycles. The van der Waals surface area contributed by atoms with E-state index in [1.54, 1.807) is 0 Å². The molecular formula is C21H25FN2O3. The molecule has 1 aliphatic rings. The van der Waals surface area contributed by atoms with Gasteiger partial charge in [0.05, 0.1) is 12.7 Å². The van der Waals surface area contributed by atoms with Crippen LogP contribution in [0.4, 0.5) is 4.39 Å². The van der Waals surface area contributed by atoms with Crippen LogP contribution in [0.1, 0.15) is 18.1 Å². The maximum atomic E-state index is 12.8. The largest absolute Gasteiger partial charge is 0.484 e. The van der Waals surface area contributed by atoms with Crippen molar-refractivity contribution in [3.05, 3.63) is 66.0 Å². The summed E-state index contributed by atoms with van der Waals surface area (Å²) in [5, 5.41) is 2.85. The second kappa shape index (κ2) is 10.0. The lowest BCUT2D eigenvalue weighted by molar-refractivity contribution is -0.123. The molecule has 1 aliphatic heterocycles. The van der Waals surface area contributed by atoms with E-state index in [0.29, 0.717) is 12.3 Å². The Bertz CT molecular complexity index is 709. The molecule has 27 heavy (non-hydrogen) atoms. The van der Waals surface area contributed by atoms with Crippen molar-refractivity contribution in [3.63, 3.8) is 0 Å². The first-order valence-corrected chi connectivity index (χ1v) is 9.25. The summed E-state index contributed by atoms with van der Waals surface area (Å²) in [6.07, 6.45) is 0.975. The predicted molar refractivity (Wildman–Crippen MR) is 101 cm³/mol. The second-order valence-electron chi connectivity index (χ2n) is 6.52. The van der Waals surface area contributed by atoms with Gasteiger partial charge in [-0.15, -0.1) is 0 Å². The molecule has 2 aromatic carbocycles. The fourth-order valence-corrected chi connectivity index (χ4v) is 3.04. The van der Waals surface area contributed by atoms with Crippen LogP contribution in [0.5, 0.6) is 5.75 Å². The molecule has 0 aliphatic carbocycles. The minimum absolute atomic E-state index is 0.0702. The van der Waals surface area contributed by atoms with Gasteiger partial charge in [-0.25, -0.2) is 4.39 Å². The number of hydrogen-bond donors (Lipinski definition) is 1. The summed E-state index contributed by atoms with van der Waals surface area (Å²) in [6.45, 7) is 3.93. The number of halogens is 1. The molecule has 0 bridgehead atoms. The fourth-order valence-electron chi connectivity index (χ4n) is 3.04. The summed E-state index contributed by atoms with van der Waals surface area (Å²) >= 11 is 0. The second-order valence-corrected chi connectivity index (χ2v) is 6.52. The van der Waals surface area contributed by atoms with Crippen molar-refractivity contribution in [3.8, 4) is 5.75 Å². The first kappa shape index (κ1) is 19.3. The van der Waals surface area contributed by atoms with Crippen molar-refractivity contribution >= 4 is 5.91 Å². The Hall–Kier alpha value is -2.44. The molecule has 3 rings (SSSR count). The highest BCUT2D eigenvalue weighted by Gasteiger charge is 2.21. The Kier molecular flexibility index (Phi) is 7.19. The fraction of sp³-hybridized carbons (Fsp3) is 0.381. The molecule has 0 saturated carbocycles. The zero-order valence-corrected chi connectivity index (χ0v) is 15.3. The molecule has 1 fully saturated rings. The van der Waals surface area contributed by atoms with Gasteiger partial charge in [-0.1, -0.05) is 30.3 Å². The summed E-state index contributed by atoms with van der Waals surface area (Å²) in [4.78, 5) is 14.2. The molecule has 144 valence electrons. The number of nitrogens with one attached hydrogen (secondary N) is 1. The van der Waals surface area contributed by atoms with E-state index in [0.717, 1.165) is 32.7 Å². The van der Waals surface area contributed by atoms with Crippen LogP contribution >= 0.6 is 0 Å². The van der Waals surface area contributed by atoms with Gasteiger partial charge in [0.15, 0.2) is 6.61 Å². The molecule has 1 N–H and O–H groups in total. The average Bonchev–Trinajstić information content (AvgIpc) is 2.72. The van der Waals surface area contributed by atoms with Gasteiger partial charge in [0.1, 0.15) is 11.6 Å². The lowest BCUT2D eigenvalue weighted by atomic mass is 10.1. The number of hydrogen-bond acceptors (Lipinski definition) is 4. The van der Waals surface area contributed by atoms with E-state index in [-0.39, 0.29) is 24.4 Å². The van der Waals surface area contributed by atoms with Crippen LogP contribution in [0, 0.1) is 5.82 Å². The first-order chi connectivity index (χ1) is 13.2. The normalized spacial score (nSPS) is 17.4. The van der Waals surface area contributed by atoms with Crippen LogP contribution in [0.2, 0.25) is 0 Å². The topological polar surface area (TPSA) is 50.8 Å². The van der Waals surface area contributed by atoms with Crippen molar-refractivity contribution in [1.29, 1.82) is 0 Å². The van der Waals surface area contributed by atoms with Crippen molar-refractivity contribution in [2.45, 2.75) is 12.5 Å². The number of benzene rings is 2. The van der Waals surface area contributed by atoms with E-state index in [1.807, 2.05) is 18.2 Å². The van der Waals surface area contributed by atoms with Gasteiger partial charge in [-0.3, -0.25) is 9.69 Å². The van der Waals surface area contributed by atoms with E-state index >= 15 is 0 Å². The number of carbonyl (C=O) groups is 1. The number of morpholine rings is 1. The monoisotopic (exact) mass is 372 g/mol. The number of amides is 1. The third kappa shape index (κ3) is 6.34. The molecule has 1 unspecified atom stereocenters. The van der Waals surface area contributed by atoms with Crippen LogP contribution < -0.4 is 10.1 Å². The van der Waals surface area contributed by atoms with Crippen LogP contribution in [-0.4, -0.2) is 50.2 Å². The summed E-state index contributed by atoms with van der Waals surface area (Å²) < 4.78 is 24.0. The Labute approximate surface area is 159 Å². The Morgan fingerprint density at radius 1 is 1.19 bits per heavy atom. The van der Waals surface area contributed by atoms with Gasteiger partial charge < -0.3 is 14.8 Å². The maximum absolute atomic E-state index is 12.8.